The van der Waals surface area contributed by atoms with Crippen molar-refractivity contribution in [1.29, 1.82) is 0 Å². The fraction of sp³-hybridized carbons (Fsp3) is 0.231. The number of rotatable bonds is 2. The number of allylic oxidation sites excluding steroid dienone is 1. The van der Waals surface area contributed by atoms with Crippen molar-refractivity contribution in [3.05, 3.63) is 34.4 Å². The van der Waals surface area contributed by atoms with E-state index in [-0.39, 0.29) is 0 Å². The first-order chi connectivity index (χ1) is 10.3. The van der Waals surface area contributed by atoms with Crippen LogP contribution in [0.25, 0.3) is 5.57 Å². The summed E-state index contributed by atoms with van der Waals surface area (Å²) in [5, 5.41) is 3.64. The first-order valence-electron chi connectivity index (χ1n) is 6.34. The third kappa shape index (κ3) is 2.32. The van der Waals surface area contributed by atoms with E-state index in [4.69, 9.17) is 4.74 Å². The van der Waals surface area contributed by atoms with E-state index < -0.39 is 5.82 Å². The Morgan fingerprint density at radius 3 is 2.95 bits per heavy atom. The Hall–Kier alpha value is -2.19. The molecule has 2 aliphatic rings. The lowest BCUT2D eigenvalue weighted by Gasteiger charge is -2.01. The van der Waals surface area contributed by atoms with Gasteiger partial charge in [0.25, 0.3) is 0 Å². The summed E-state index contributed by atoms with van der Waals surface area (Å²) >= 11 is 1.48. The zero-order chi connectivity index (χ0) is 14.2. The van der Waals surface area contributed by atoms with Gasteiger partial charge in [-0.2, -0.15) is 0 Å². The Morgan fingerprint density at radius 2 is 2.10 bits per heavy atom. The van der Waals surface area contributed by atoms with E-state index in [1.165, 1.54) is 11.3 Å². The Bertz CT molecular complexity index is 752. The highest BCUT2D eigenvalue weighted by Crippen LogP contribution is 2.34. The van der Waals surface area contributed by atoms with Crippen LogP contribution in [-0.2, 0) is 11.3 Å². The number of anilines is 2. The minimum atomic E-state index is -0.471. The molecule has 0 aromatic carbocycles. The number of fused-ring (bicyclic) bond motifs is 2. The number of aliphatic imine (C=N–C) groups is 1. The summed E-state index contributed by atoms with van der Waals surface area (Å²) in [6.07, 6.45) is 4.07. The number of aromatic nitrogens is 3. The summed E-state index contributed by atoms with van der Waals surface area (Å²) in [6, 6.07) is 0. The number of ether oxygens (including phenoxy) is 1. The minimum Gasteiger partial charge on any atom is -0.371 e. The van der Waals surface area contributed by atoms with Crippen LogP contribution in [0.4, 0.5) is 15.5 Å². The molecule has 0 amide bonds. The third-order valence-corrected chi connectivity index (χ3v) is 4.13. The lowest BCUT2D eigenvalue weighted by atomic mass is 10.1. The largest absolute Gasteiger partial charge is 0.371 e. The molecule has 0 unspecified atom stereocenters. The second-order valence-electron chi connectivity index (χ2n) is 4.62. The van der Waals surface area contributed by atoms with Crippen molar-refractivity contribution in [3.8, 4) is 0 Å². The van der Waals surface area contributed by atoms with E-state index in [9.17, 15) is 4.39 Å². The molecule has 0 saturated carbocycles. The first kappa shape index (κ1) is 12.5. The van der Waals surface area contributed by atoms with Crippen LogP contribution in [0.5, 0.6) is 0 Å². The van der Waals surface area contributed by atoms with Crippen LogP contribution in [0.3, 0.4) is 0 Å². The van der Waals surface area contributed by atoms with Crippen LogP contribution in [0.15, 0.2) is 23.0 Å². The fourth-order valence-electron chi connectivity index (χ4n) is 2.23. The van der Waals surface area contributed by atoms with E-state index in [0.717, 1.165) is 34.1 Å². The summed E-state index contributed by atoms with van der Waals surface area (Å²) in [5.41, 5.74) is 3.11. The molecule has 2 aromatic rings. The lowest BCUT2D eigenvalue weighted by molar-refractivity contribution is 0.146. The van der Waals surface area contributed by atoms with E-state index in [0.29, 0.717) is 30.8 Å². The highest BCUT2D eigenvalue weighted by Gasteiger charge is 2.23. The van der Waals surface area contributed by atoms with Gasteiger partial charge in [0, 0.05) is 11.8 Å². The Kier molecular flexibility index (Phi) is 2.97. The number of halogens is 1. The van der Waals surface area contributed by atoms with Gasteiger partial charge in [-0.1, -0.05) is 11.3 Å². The van der Waals surface area contributed by atoms with Crippen LogP contribution >= 0.6 is 11.3 Å². The van der Waals surface area contributed by atoms with Crippen LogP contribution in [0.1, 0.15) is 10.6 Å². The van der Waals surface area contributed by atoms with E-state index in [1.807, 2.05) is 6.21 Å². The molecule has 0 spiro atoms. The predicted octanol–water partition coefficient (Wildman–Crippen LogP) is 2.18. The van der Waals surface area contributed by atoms with E-state index in [2.05, 4.69) is 25.3 Å². The standard InChI is InChI=1S/C13H10FN5OS/c14-8-2-16-12(17-3-8)19-13-18-11-9-4-15-1-7(9)5-20-6-10(11)21-13/h2-4H,1,5-6H2,(H,16,17,18,19). The Morgan fingerprint density at radius 1 is 1.24 bits per heavy atom. The second-order valence-corrected chi connectivity index (χ2v) is 5.70. The molecular formula is C13H10FN5OS. The topological polar surface area (TPSA) is 72.3 Å². The fourth-order valence-corrected chi connectivity index (χ4v) is 3.14. The summed E-state index contributed by atoms with van der Waals surface area (Å²) in [5.74, 6) is -0.156. The SMILES string of the molecule is Fc1cnc(Nc2nc3c(s2)COCC2=C3C=NC2)nc1. The molecule has 1 N–H and O–H groups in total. The van der Waals surface area contributed by atoms with Gasteiger partial charge in [0.15, 0.2) is 10.9 Å². The molecule has 106 valence electrons. The van der Waals surface area contributed by atoms with Gasteiger partial charge in [-0.25, -0.2) is 19.3 Å². The molecule has 8 heteroatoms. The zero-order valence-corrected chi connectivity index (χ0v) is 11.7. The molecule has 21 heavy (non-hydrogen) atoms. The van der Waals surface area contributed by atoms with Crippen LogP contribution in [-0.4, -0.2) is 34.3 Å². The number of hydrogen-bond donors (Lipinski definition) is 1. The lowest BCUT2D eigenvalue weighted by Crippen LogP contribution is -1.98. The van der Waals surface area contributed by atoms with Gasteiger partial charge in [-0.05, 0) is 5.57 Å². The van der Waals surface area contributed by atoms with Crippen molar-refractivity contribution >= 4 is 34.2 Å². The minimum absolute atomic E-state index is 0.315. The first-order valence-corrected chi connectivity index (χ1v) is 7.15. The third-order valence-electron chi connectivity index (χ3n) is 3.18. The number of hydrogen-bond acceptors (Lipinski definition) is 7. The van der Waals surface area contributed by atoms with Crippen LogP contribution in [0, 0.1) is 5.82 Å². The summed E-state index contributed by atoms with van der Waals surface area (Å²) in [7, 11) is 0. The van der Waals surface area contributed by atoms with Gasteiger partial charge in [0.1, 0.15) is 0 Å². The van der Waals surface area contributed by atoms with Crippen molar-refractivity contribution in [2.75, 3.05) is 18.5 Å². The maximum absolute atomic E-state index is 12.8. The van der Waals surface area contributed by atoms with Crippen molar-refractivity contribution in [3.63, 3.8) is 0 Å². The maximum Gasteiger partial charge on any atom is 0.229 e. The van der Waals surface area contributed by atoms with Gasteiger partial charge in [-0.15, -0.1) is 0 Å². The monoisotopic (exact) mass is 303 g/mol. The number of nitrogens with zero attached hydrogens (tertiary/aromatic N) is 4. The van der Waals surface area contributed by atoms with Gasteiger partial charge in [0.2, 0.25) is 5.95 Å². The molecule has 0 fully saturated rings. The molecule has 0 atom stereocenters. The Labute approximate surface area is 123 Å². The average Bonchev–Trinajstić information content (AvgIpc) is 3.06. The summed E-state index contributed by atoms with van der Waals surface area (Å²) in [6.45, 7) is 1.80. The van der Waals surface area contributed by atoms with Gasteiger partial charge in [0.05, 0.1) is 42.7 Å². The van der Waals surface area contributed by atoms with Crippen LogP contribution in [0.2, 0.25) is 0 Å². The van der Waals surface area contributed by atoms with Crippen LogP contribution < -0.4 is 5.32 Å². The highest BCUT2D eigenvalue weighted by atomic mass is 32.1. The second kappa shape index (κ2) is 4.97. The van der Waals surface area contributed by atoms with Crippen molar-refractivity contribution in [2.45, 2.75) is 6.61 Å². The summed E-state index contributed by atoms with van der Waals surface area (Å²) in [4.78, 5) is 17.6. The molecule has 0 radical (unpaired) electrons. The van der Waals surface area contributed by atoms with Gasteiger partial charge in [-0.3, -0.25) is 4.99 Å². The molecule has 2 aliphatic heterocycles. The molecule has 6 nitrogen and oxygen atoms in total. The van der Waals surface area contributed by atoms with Crippen molar-refractivity contribution < 1.29 is 9.13 Å². The highest BCUT2D eigenvalue weighted by molar-refractivity contribution is 7.15. The van der Waals surface area contributed by atoms with E-state index in [1.54, 1.807) is 0 Å². The summed E-state index contributed by atoms with van der Waals surface area (Å²) < 4.78 is 18.4. The molecule has 4 heterocycles. The normalized spacial score (nSPS) is 16.6. The smallest absolute Gasteiger partial charge is 0.229 e. The quantitative estimate of drug-likeness (QED) is 0.920. The van der Waals surface area contributed by atoms with Gasteiger partial charge >= 0.3 is 0 Å². The number of thiazole rings is 1. The molecule has 0 saturated heterocycles. The molecule has 4 rings (SSSR count). The van der Waals surface area contributed by atoms with Crippen molar-refractivity contribution in [2.24, 2.45) is 4.99 Å². The zero-order valence-electron chi connectivity index (χ0n) is 10.8. The molecular weight excluding hydrogens is 293 g/mol. The predicted molar refractivity (Wildman–Crippen MR) is 77.3 cm³/mol. The van der Waals surface area contributed by atoms with Crippen molar-refractivity contribution in [1.82, 2.24) is 15.0 Å². The van der Waals surface area contributed by atoms with E-state index >= 15 is 0 Å². The number of nitrogens with one attached hydrogen (secondary N) is 1. The molecule has 2 aromatic heterocycles. The molecule has 0 aliphatic carbocycles. The maximum atomic E-state index is 12.8. The average molecular weight is 303 g/mol. The molecule has 0 bridgehead atoms. The Balaban J connectivity index is 1.67. The van der Waals surface area contributed by atoms with Gasteiger partial charge < -0.3 is 10.1 Å².